The van der Waals surface area contributed by atoms with Crippen LogP contribution in [0.1, 0.15) is 59.8 Å². The van der Waals surface area contributed by atoms with Gasteiger partial charge in [-0.3, -0.25) is 4.79 Å². The van der Waals surface area contributed by atoms with Gasteiger partial charge in [-0.25, -0.2) is 14.6 Å². The maximum atomic E-state index is 12.0. The number of esters is 2. The standard InChI is InChI=1S/C22H30O6/c1-13-6-9-20(25-16(4)23)22(5)11-10-18(27-28-22)14(2)7-8-17-15(3)21(24)26-19(17)12-13/h7,12,17-20H,3,6,8-11H2,1-2,4-5H3/b13-12+,14-7-/t17-,18-,19-,20-,22?/m0/s1. The third-order valence-corrected chi connectivity index (χ3v) is 6.05. The van der Waals surface area contributed by atoms with Crippen LogP contribution in [0.25, 0.3) is 0 Å². The molecule has 2 saturated heterocycles. The molecule has 3 aliphatic heterocycles. The van der Waals surface area contributed by atoms with Crippen LogP contribution in [0.5, 0.6) is 0 Å². The second-order valence-electron chi connectivity index (χ2n) is 8.35. The van der Waals surface area contributed by atoms with Crippen LogP contribution in [0.4, 0.5) is 0 Å². The molecule has 1 unspecified atom stereocenters. The van der Waals surface area contributed by atoms with Gasteiger partial charge in [0.25, 0.3) is 0 Å². The van der Waals surface area contributed by atoms with Gasteiger partial charge in [0, 0.05) is 18.4 Å². The first-order chi connectivity index (χ1) is 13.2. The quantitative estimate of drug-likeness (QED) is 0.292. The average molecular weight is 390 g/mol. The topological polar surface area (TPSA) is 71.1 Å². The highest BCUT2D eigenvalue weighted by atomic mass is 17.2. The summed E-state index contributed by atoms with van der Waals surface area (Å²) in [5.41, 5.74) is 1.94. The van der Waals surface area contributed by atoms with Crippen molar-refractivity contribution in [3.8, 4) is 0 Å². The van der Waals surface area contributed by atoms with Gasteiger partial charge in [-0.2, -0.15) is 0 Å². The molecule has 0 aromatic heterocycles. The predicted molar refractivity (Wildman–Crippen MR) is 103 cm³/mol. The van der Waals surface area contributed by atoms with Crippen molar-refractivity contribution in [1.82, 2.24) is 0 Å². The minimum absolute atomic E-state index is 0.0839. The maximum absolute atomic E-state index is 12.0. The SMILES string of the molecule is C=C1C(=O)O[C@H]2/C=C(\C)CC[C@H](OC(C)=O)C3(C)CC[C@H](OO3)/C(C)=C\C[C@@H]12. The van der Waals surface area contributed by atoms with Gasteiger partial charge in [0.05, 0.1) is 0 Å². The van der Waals surface area contributed by atoms with Crippen molar-refractivity contribution in [1.29, 1.82) is 0 Å². The van der Waals surface area contributed by atoms with Crippen molar-refractivity contribution in [2.24, 2.45) is 5.92 Å². The molecule has 4 aliphatic rings. The molecule has 2 fully saturated rings. The van der Waals surface area contributed by atoms with Crippen LogP contribution in [-0.4, -0.2) is 35.9 Å². The molecule has 3 heterocycles. The molecule has 0 aromatic rings. The molecular weight excluding hydrogens is 360 g/mol. The highest BCUT2D eigenvalue weighted by molar-refractivity contribution is 5.91. The summed E-state index contributed by atoms with van der Waals surface area (Å²) >= 11 is 0. The number of ether oxygens (including phenoxy) is 2. The lowest BCUT2D eigenvalue weighted by atomic mass is 9.85. The fraction of sp³-hybridized carbons (Fsp3) is 0.636. The Kier molecular flexibility index (Phi) is 6.10. The third kappa shape index (κ3) is 4.39. The largest absolute Gasteiger partial charge is 0.459 e. The Morgan fingerprint density at radius 1 is 1.32 bits per heavy atom. The Morgan fingerprint density at radius 3 is 2.71 bits per heavy atom. The summed E-state index contributed by atoms with van der Waals surface area (Å²) < 4.78 is 11.1. The molecule has 0 aromatic carbocycles. The van der Waals surface area contributed by atoms with Gasteiger partial charge in [-0.15, -0.1) is 0 Å². The lowest BCUT2D eigenvalue weighted by molar-refractivity contribution is -0.412. The van der Waals surface area contributed by atoms with Crippen LogP contribution in [0.3, 0.4) is 0 Å². The zero-order valence-electron chi connectivity index (χ0n) is 17.2. The van der Waals surface area contributed by atoms with E-state index in [4.69, 9.17) is 19.2 Å². The Bertz CT molecular complexity index is 711. The molecule has 0 saturated carbocycles. The third-order valence-electron chi connectivity index (χ3n) is 6.05. The van der Waals surface area contributed by atoms with Gasteiger partial charge >= 0.3 is 11.9 Å². The van der Waals surface area contributed by atoms with E-state index >= 15 is 0 Å². The van der Waals surface area contributed by atoms with Crippen molar-refractivity contribution in [3.05, 3.63) is 35.5 Å². The number of hydrogen-bond acceptors (Lipinski definition) is 6. The first-order valence-corrected chi connectivity index (χ1v) is 9.95. The molecular formula is C22H30O6. The molecule has 6 heteroatoms. The van der Waals surface area contributed by atoms with Crippen LogP contribution in [-0.2, 0) is 28.8 Å². The minimum atomic E-state index is -0.691. The molecule has 4 rings (SSSR count). The van der Waals surface area contributed by atoms with Crippen molar-refractivity contribution < 1.29 is 28.8 Å². The van der Waals surface area contributed by atoms with E-state index in [0.29, 0.717) is 24.8 Å². The van der Waals surface area contributed by atoms with Gasteiger partial charge < -0.3 is 9.47 Å². The van der Waals surface area contributed by atoms with Crippen molar-refractivity contribution >= 4 is 11.9 Å². The summed E-state index contributed by atoms with van der Waals surface area (Å²) in [5, 5.41) is 0. The van der Waals surface area contributed by atoms with Crippen LogP contribution in [0.15, 0.2) is 35.5 Å². The lowest BCUT2D eigenvalue weighted by Gasteiger charge is -2.41. The molecule has 28 heavy (non-hydrogen) atoms. The van der Waals surface area contributed by atoms with Crippen molar-refractivity contribution in [3.63, 3.8) is 0 Å². The second kappa shape index (κ2) is 8.21. The van der Waals surface area contributed by atoms with Crippen LogP contribution in [0.2, 0.25) is 0 Å². The monoisotopic (exact) mass is 390 g/mol. The summed E-state index contributed by atoms with van der Waals surface area (Å²) in [7, 11) is 0. The molecule has 154 valence electrons. The summed E-state index contributed by atoms with van der Waals surface area (Å²) in [4.78, 5) is 35.2. The van der Waals surface area contributed by atoms with E-state index in [1.807, 2.05) is 26.8 Å². The van der Waals surface area contributed by atoms with E-state index in [-0.39, 0.29) is 30.1 Å². The summed E-state index contributed by atoms with van der Waals surface area (Å²) in [6, 6.07) is 0. The molecule has 6 nitrogen and oxygen atoms in total. The van der Waals surface area contributed by atoms with E-state index in [1.54, 1.807) is 0 Å². The first kappa shape index (κ1) is 20.8. The highest BCUT2D eigenvalue weighted by Crippen LogP contribution is 2.38. The number of fused-ring (bicyclic) bond motifs is 6. The average Bonchev–Trinajstić information content (AvgIpc) is 2.89. The molecule has 1 aliphatic carbocycles. The van der Waals surface area contributed by atoms with Gasteiger partial charge in [0.1, 0.15) is 23.9 Å². The Balaban J connectivity index is 1.91. The number of carbonyl (C=O) groups excluding carboxylic acids is 2. The molecule has 5 atom stereocenters. The molecule has 2 bridgehead atoms. The number of hydrogen-bond donors (Lipinski definition) is 0. The van der Waals surface area contributed by atoms with Crippen LogP contribution >= 0.6 is 0 Å². The summed E-state index contributed by atoms with van der Waals surface area (Å²) in [5.74, 6) is -0.753. The van der Waals surface area contributed by atoms with Crippen LogP contribution in [0, 0.1) is 5.92 Å². The molecule has 0 amide bonds. The van der Waals surface area contributed by atoms with E-state index in [9.17, 15) is 9.59 Å². The number of rotatable bonds is 1. The normalized spacial score (nSPS) is 40.4. The second-order valence-corrected chi connectivity index (χ2v) is 8.35. The fourth-order valence-electron chi connectivity index (χ4n) is 4.11. The Morgan fingerprint density at radius 2 is 2.07 bits per heavy atom. The van der Waals surface area contributed by atoms with Gasteiger partial charge in [0.2, 0.25) is 0 Å². The predicted octanol–water partition coefficient (Wildman–Crippen LogP) is 3.96. The molecule has 0 N–H and O–H groups in total. The zero-order chi connectivity index (χ0) is 20.5. The maximum Gasteiger partial charge on any atom is 0.334 e. The van der Waals surface area contributed by atoms with Gasteiger partial charge in [-0.1, -0.05) is 18.2 Å². The first-order valence-electron chi connectivity index (χ1n) is 9.95. The van der Waals surface area contributed by atoms with Gasteiger partial charge in [-0.05, 0) is 64.5 Å². The zero-order valence-corrected chi connectivity index (χ0v) is 17.2. The minimum Gasteiger partial charge on any atom is -0.459 e. The van der Waals surface area contributed by atoms with E-state index < -0.39 is 11.7 Å². The lowest BCUT2D eigenvalue weighted by Crippen LogP contribution is -2.49. The molecule has 0 radical (unpaired) electrons. The van der Waals surface area contributed by atoms with Crippen molar-refractivity contribution in [2.75, 3.05) is 0 Å². The van der Waals surface area contributed by atoms with Crippen molar-refractivity contribution in [2.45, 2.75) is 83.7 Å². The molecule has 0 spiro atoms. The number of carbonyl (C=O) groups is 2. The fourth-order valence-corrected chi connectivity index (χ4v) is 4.11. The van der Waals surface area contributed by atoms with Gasteiger partial charge in [0.15, 0.2) is 0 Å². The Hall–Kier alpha value is -1.92. The van der Waals surface area contributed by atoms with E-state index in [0.717, 1.165) is 24.0 Å². The Labute approximate surface area is 166 Å². The smallest absolute Gasteiger partial charge is 0.334 e. The van der Waals surface area contributed by atoms with E-state index in [1.165, 1.54) is 6.92 Å². The van der Waals surface area contributed by atoms with Crippen LogP contribution < -0.4 is 0 Å². The summed E-state index contributed by atoms with van der Waals surface area (Å²) in [6.45, 7) is 11.3. The summed E-state index contributed by atoms with van der Waals surface area (Å²) in [6.07, 6.45) is 6.66. The number of allylic oxidation sites excluding steroid dienone is 2. The van der Waals surface area contributed by atoms with E-state index in [2.05, 4.69) is 12.7 Å². The highest BCUT2D eigenvalue weighted by Gasteiger charge is 2.44.